The maximum atomic E-state index is 6.00. The first-order valence-corrected chi connectivity index (χ1v) is 13.4. The highest BCUT2D eigenvalue weighted by Gasteiger charge is 2.21. The van der Waals surface area contributed by atoms with Crippen molar-refractivity contribution in [2.45, 2.75) is 51.6 Å². The summed E-state index contributed by atoms with van der Waals surface area (Å²) in [6, 6.07) is 21.5. The second-order valence-corrected chi connectivity index (χ2v) is 10.5. The quantitative estimate of drug-likeness (QED) is 0.281. The van der Waals surface area contributed by atoms with E-state index in [0.29, 0.717) is 0 Å². The Morgan fingerprint density at radius 2 is 1.72 bits per heavy atom. The Hall–Kier alpha value is -3.02. The van der Waals surface area contributed by atoms with E-state index >= 15 is 0 Å². The van der Waals surface area contributed by atoms with Gasteiger partial charge in [-0.25, -0.2) is 0 Å². The van der Waals surface area contributed by atoms with E-state index < -0.39 is 0 Å². The summed E-state index contributed by atoms with van der Waals surface area (Å²) < 4.78 is 6.00. The molecule has 0 aliphatic carbocycles. The van der Waals surface area contributed by atoms with E-state index in [-0.39, 0.29) is 0 Å². The maximum absolute atomic E-state index is 6.00. The highest BCUT2D eigenvalue weighted by Crippen LogP contribution is 2.30. The van der Waals surface area contributed by atoms with Crippen LogP contribution in [0, 0.1) is 5.92 Å². The summed E-state index contributed by atoms with van der Waals surface area (Å²) in [6.45, 7) is 4.29. The fourth-order valence-electron chi connectivity index (χ4n) is 5.48. The van der Waals surface area contributed by atoms with Crippen LogP contribution in [0.4, 0.5) is 0 Å². The zero-order valence-corrected chi connectivity index (χ0v) is 21.7. The Bertz CT molecular complexity index is 1230. The topological polar surface area (TPSA) is 45.4 Å². The van der Waals surface area contributed by atoms with Crippen LogP contribution in [0.1, 0.15) is 47.3 Å². The van der Waals surface area contributed by atoms with E-state index in [1.54, 1.807) is 0 Å². The van der Waals surface area contributed by atoms with Crippen LogP contribution in [0.3, 0.4) is 0 Å². The van der Waals surface area contributed by atoms with Gasteiger partial charge in [0.2, 0.25) is 0 Å². The molecule has 0 radical (unpaired) electrons. The second kappa shape index (κ2) is 11.8. The molecule has 0 saturated carbocycles. The van der Waals surface area contributed by atoms with Crippen molar-refractivity contribution in [2.75, 3.05) is 27.2 Å². The molecule has 1 saturated heterocycles. The minimum atomic E-state index is 0.766. The zero-order chi connectivity index (χ0) is 24.7. The van der Waals surface area contributed by atoms with Gasteiger partial charge >= 0.3 is 0 Å². The first-order valence-electron chi connectivity index (χ1n) is 13.4. The molecule has 5 rings (SSSR count). The fourth-order valence-corrected chi connectivity index (χ4v) is 5.48. The SMILES string of the molecule is CN(C)Cc1c(CCc2ccccn2)ccc2c(CCC3CCN(Cc4ccccc4)CC3)noc12. The third-order valence-electron chi connectivity index (χ3n) is 7.51. The van der Waals surface area contributed by atoms with Gasteiger partial charge in [-0.2, -0.15) is 0 Å². The molecule has 3 heterocycles. The van der Waals surface area contributed by atoms with Crippen LogP contribution < -0.4 is 0 Å². The van der Waals surface area contributed by atoms with Crippen molar-refractivity contribution in [1.82, 2.24) is 19.9 Å². The number of nitrogens with zero attached hydrogens (tertiary/aromatic N) is 4. The van der Waals surface area contributed by atoms with Crippen molar-refractivity contribution in [2.24, 2.45) is 5.92 Å². The van der Waals surface area contributed by atoms with Crippen LogP contribution in [-0.2, 0) is 32.4 Å². The molecule has 2 aromatic heterocycles. The number of hydrogen-bond acceptors (Lipinski definition) is 5. The van der Waals surface area contributed by atoms with E-state index in [9.17, 15) is 0 Å². The summed E-state index contributed by atoms with van der Waals surface area (Å²) >= 11 is 0. The normalized spacial score (nSPS) is 15.2. The van der Waals surface area contributed by atoms with Gasteiger partial charge in [0.15, 0.2) is 5.58 Å². The van der Waals surface area contributed by atoms with Gasteiger partial charge in [-0.1, -0.05) is 47.6 Å². The fraction of sp³-hybridized carbons (Fsp3) is 0.419. The highest BCUT2D eigenvalue weighted by molar-refractivity contribution is 5.83. The lowest BCUT2D eigenvalue weighted by Crippen LogP contribution is -2.33. The zero-order valence-electron chi connectivity index (χ0n) is 21.7. The number of piperidine rings is 1. The van der Waals surface area contributed by atoms with Crippen molar-refractivity contribution >= 4 is 11.0 Å². The molecule has 0 spiro atoms. The number of aromatic nitrogens is 2. The van der Waals surface area contributed by atoms with Crippen molar-refractivity contribution in [3.63, 3.8) is 0 Å². The molecule has 1 fully saturated rings. The molecule has 0 amide bonds. The second-order valence-electron chi connectivity index (χ2n) is 10.5. The molecule has 0 bridgehead atoms. The largest absolute Gasteiger partial charge is 0.356 e. The molecular formula is C31H38N4O. The first-order chi connectivity index (χ1) is 17.7. The average Bonchev–Trinajstić information content (AvgIpc) is 3.32. The minimum Gasteiger partial charge on any atom is -0.356 e. The predicted molar refractivity (Wildman–Crippen MR) is 146 cm³/mol. The molecule has 5 heteroatoms. The summed E-state index contributed by atoms with van der Waals surface area (Å²) in [5, 5.41) is 5.75. The van der Waals surface area contributed by atoms with Crippen molar-refractivity contribution < 1.29 is 4.52 Å². The van der Waals surface area contributed by atoms with Crippen LogP contribution in [-0.4, -0.2) is 47.1 Å². The maximum Gasteiger partial charge on any atom is 0.171 e. The Balaban J connectivity index is 1.21. The molecule has 0 atom stereocenters. The molecule has 0 unspecified atom stereocenters. The summed E-state index contributed by atoms with van der Waals surface area (Å²) in [6.07, 6.45) is 8.47. The lowest BCUT2D eigenvalue weighted by molar-refractivity contribution is 0.172. The Morgan fingerprint density at radius 3 is 2.47 bits per heavy atom. The third kappa shape index (κ3) is 6.21. The molecule has 188 valence electrons. The molecule has 1 aliphatic rings. The summed E-state index contributed by atoms with van der Waals surface area (Å²) in [7, 11) is 4.23. The van der Waals surface area contributed by atoms with Crippen molar-refractivity contribution in [3.05, 3.63) is 94.9 Å². The van der Waals surface area contributed by atoms with Gasteiger partial charge in [-0.15, -0.1) is 0 Å². The molecule has 4 aromatic rings. The van der Waals surface area contributed by atoms with Gasteiger partial charge in [0.05, 0.1) is 5.69 Å². The number of likely N-dealkylation sites (tertiary alicyclic amines) is 1. The third-order valence-corrected chi connectivity index (χ3v) is 7.51. The number of hydrogen-bond donors (Lipinski definition) is 0. The Morgan fingerprint density at radius 1 is 0.917 bits per heavy atom. The van der Waals surface area contributed by atoms with Crippen LogP contribution in [0.15, 0.2) is 71.4 Å². The standard InChI is InChI=1S/C31H38N4O/c1-34(2)23-29-26(12-14-27-10-6-7-19-32-27)13-15-28-30(33-36-31(28)29)16-11-24-17-20-35(21-18-24)22-25-8-4-3-5-9-25/h3-10,13,15,19,24H,11-12,14,16-18,20-23H2,1-2H3. The van der Waals surface area contributed by atoms with Gasteiger partial charge in [0.25, 0.3) is 0 Å². The predicted octanol–water partition coefficient (Wildman–Crippen LogP) is 5.91. The molecule has 5 nitrogen and oxygen atoms in total. The van der Waals surface area contributed by atoms with Crippen LogP contribution >= 0.6 is 0 Å². The van der Waals surface area contributed by atoms with Crippen LogP contribution in [0.2, 0.25) is 0 Å². The summed E-state index contributed by atoms with van der Waals surface area (Å²) in [4.78, 5) is 9.30. The summed E-state index contributed by atoms with van der Waals surface area (Å²) in [5.41, 5.74) is 7.22. The number of benzene rings is 2. The lowest BCUT2D eigenvalue weighted by Gasteiger charge is -2.32. The molecule has 2 aromatic carbocycles. The summed E-state index contributed by atoms with van der Waals surface area (Å²) in [5.74, 6) is 0.766. The van der Waals surface area contributed by atoms with E-state index in [1.807, 2.05) is 12.3 Å². The van der Waals surface area contributed by atoms with Crippen molar-refractivity contribution in [1.29, 1.82) is 0 Å². The Kier molecular flexibility index (Phi) is 8.09. The minimum absolute atomic E-state index is 0.766. The van der Waals surface area contributed by atoms with E-state index in [2.05, 4.69) is 88.6 Å². The number of aryl methyl sites for hydroxylation is 3. The molecule has 1 aliphatic heterocycles. The molecular weight excluding hydrogens is 444 g/mol. The molecule has 0 N–H and O–H groups in total. The smallest absolute Gasteiger partial charge is 0.171 e. The van der Waals surface area contributed by atoms with E-state index in [0.717, 1.165) is 55.2 Å². The van der Waals surface area contributed by atoms with Gasteiger partial charge < -0.3 is 9.42 Å². The average molecular weight is 483 g/mol. The highest BCUT2D eigenvalue weighted by atomic mass is 16.5. The van der Waals surface area contributed by atoms with Crippen LogP contribution in [0.5, 0.6) is 0 Å². The first kappa shape index (κ1) is 24.7. The van der Waals surface area contributed by atoms with Gasteiger partial charge in [-0.3, -0.25) is 9.88 Å². The Labute approximate surface area is 215 Å². The van der Waals surface area contributed by atoms with Gasteiger partial charge in [0.1, 0.15) is 0 Å². The monoisotopic (exact) mass is 482 g/mol. The van der Waals surface area contributed by atoms with Crippen LogP contribution in [0.25, 0.3) is 11.0 Å². The number of pyridine rings is 1. The van der Waals surface area contributed by atoms with E-state index in [1.165, 1.54) is 54.4 Å². The number of rotatable bonds is 10. The lowest BCUT2D eigenvalue weighted by atomic mass is 9.90. The van der Waals surface area contributed by atoms with E-state index in [4.69, 9.17) is 4.52 Å². The number of fused-ring (bicyclic) bond motifs is 1. The van der Waals surface area contributed by atoms with Crippen molar-refractivity contribution in [3.8, 4) is 0 Å². The molecule has 36 heavy (non-hydrogen) atoms. The van der Waals surface area contributed by atoms with Gasteiger partial charge in [0, 0.05) is 35.9 Å². The van der Waals surface area contributed by atoms with Gasteiger partial charge in [-0.05, 0) is 101 Å².